The van der Waals surface area contributed by atoms with Gasteiger partial charge in [0, 0.05) is 12.2 Å². The van der Waals surface area contributed by atoms with E-state index in [2.05, 4.69) is 35.7 Å². The van der Waals surface area contributed by atoms with Gasteiger partial charge >= 0.3 is 0 Å². The maximum atomic E-state index is 8.62. The van der Waals surface area contributed by atoms with Crippen LogP contribution in [0, 0.1) is 29.1 Å². The second-order valence-electron chi connectivity index (χ2n) is 5.45. The number of anilines is 1. The number of nitrogens with one attached hydrogen (secondary N) is 1. The van der Waals surface area contributed by atoms with Crippen molar-refractivity contribution in [1.29, 1.82) is 5.26 Å². The Bertz CT molecular complexity index is 481. The summed E-state index contributed by atoms with van der Waals surface area (Å²) in [5, 5.41) is 12.1. The first-order valence-corrected chi connectivity index (χ1v) is 6.73. The Morgan fingerprint density at radius 3 is 2.61 bits per heavy atom. The molecule has 2 nitrogen and oxygen atoms in total. The van der Waals surface area contributed by atoms with Crippen LogP contribution in [-0.2, 0) is 6.42 Å². The molecule has 0 heterocycles. The van der Waals surface area contributed by atoms with Gasteiger partial charge in [0.25, 0.3) is 0 Å². The molecule has 2 aliphatic carbocycles. The van der Waals surface area contributed by atoms with Crippen molar-refractivity contribution in [2.24, 2.45) is 17.8 Å². The molecular formula is C16H18N2. The summed E-state index contributed by atoms with van der Waals surface area (Å²) in [6, 6.07) is 10.4. The van der Waals surface area contributed by atoms with Gasteiger partial charge in [-0.15, -0.1) is 0 Å². The van der Waals surface area contributed by atoms with Gasteiger partial charge in [0.1, 0.15) is 0 Å². The third-order valence-electron chi connectivity index (χ3n) is 4.22. The SMILES string of the molecule is N#CCc1ccc(NCC2CC3C=CC2C3)cc1. The molecule has 0 radical (unpaired) electrons. The van der Waals surface area contributed by atoms with Crippen LogP contribution in [0.25, 0.3) is 0 Å². The second-order valence-corrected chi connectivity index (χ2v) is 5.45. The molecule has 1 aromatic carbocycles. The lowest BCUT2D eigenvalue weighted by Crippen LogP contribution is -2.18. The molecule has 18 heavy (non-hydrogen) atoms. The number of fused-ring (bicyclic) bond motifs is 2. The first-order chi connectivity index (χ1) is 8.85. The summed E-state index contributed by atoms with van der Waals surface area (Å²) in [7, 11) is 0. The maximum absolute atomic E-state index is 8.62. The average molecular weight is 238 g/mol. The minimum Gasteiger partial charge on any atom is -0.385 e. The fourth-order valence-corrected chi connectivity index (χ4v) is 3.21. The summed E-state index contributed by atoms with van der Waals surface area (Å²) in [5.74, 6) is 2.46. The predicted octanol–water partition coefficient (Wildman–Crippen LogP) is 3.38. The monoisotopic (exact) mass is 238 g/mol. The molecule has 1 aromatic rings. The Balaban J connectivity index is 1.54. The van der Waals surface area contributed by atoms with Crippen LogP contribution in [0.2, 0.25) is 0 Å². The van der Waals surface area contributed by atoms with Crippen molar-refractivity contribution < 1.29 is 0 Å². The van der Waals surface area contributed by atoms with Gasteiger partial charge in [0.15, 0.2) is 0 Å². The van der Waals surface area contributed by atoms with E-state index in [1.165, 1.54) is 18.5 Å². The van der Waals surface area contributed by atoms with Crippen molar-refractivity contribution in [3.8, 4) is 6.07 Å². The fraction of sp³-hybridized carbons (Fsp3) is 0.438. The summed E-state index contributed by atoms with van der Waals surface area (Å²) in [4.78, 5) is 0. The van der Waals surface area contributed by atoms with E-state index in [1.807, 2.05) is 12.1 Å². The minimum absolute atomic E-state index is 0.497. The molecule has 3 atom stereocenters. The number of hydrogen-bond donors (Lipinski definition) is 1. The van der Waals surface area contributed by atoms with Crippen molar-refractivity contribution in [2.75, 3.05) is 11.9 Å². The molecule has 0 spiro atoms. The van der Waals surface area contributed by atoms with E-state index in [4.69, 9.17) is 5.26 Å². The predicted molar refractivity (Wildman–Crippen MR) is 73.1 cm³/mol. The normalized spacial score (nSPS) is 28.3. The summed E-state index contributed by atoms with van der Waals surface area (Å²) in [6.45, 7) is 1.07. The first-order valence-electron chi connectivity index (χ1n) is 6.73. The van der Waals surface area contributed by atoms with E-state index in [1.54, 1.807) is 0 Å². The highest BCUT2D eigenvalue weighted by molar-refractivity contribution is 5.45. The number of benzene rings is 1. The highest BCUT2D eigenvalue weighted by atomic mass is 14.9. The average Bonchev–Trinajstić information content (AvgIpc) is 3.00. The highest BCUT2D eigenvalue weighted by Gasteiger charge is 2.35. The molecule has 0 amide bonds. The summed E-state index contributed by atoms with van der Waals surface area (Å²) in [5.41, 5.74) is 2.26. The smallest absolute Gasteiger partial charge is 0.0669 e. The van der Waals surface area contributed by atoms with Gasteiger partial charge in [0.2, 0.25) is 0 Å². The van der Waals surface area contributed by atoms with E-state index in [-0.39, 0.29) is 0 Å². The minimum atomic E-state index is 0.497. The molecule has 0 aliphatic heterocycles. The zero-order valence-corrected chi connectivity index (χ0v) is 10.5. The van der Waals surface area contributed by atoms with Crippen LogP contribution in [0.1, 0.15) is 18.4 Å². The van der Waals surface area contributed by atoms with Gasteiger partial charge < -0.3 is 5.32 Å². The van der Waals surface area contributed by atoms with Crippen molar-refractivity contribution in [1.82, 2.24) is 0 Å². The lowest BCUT2D eigenvalue weighted by Gasteiger charge is -2.19. The molecular weight excluding hydrogens is 220 g/mol. The zero-order valence-electron chi connectivity index (χ0n) is 10.5. The van der Waals surface area contributed by atoms with Gasteiger partial charge in [-0.3, -0.25) is 0 Å². The lowest BCUT2D eigenvalue weighted by atomic mass is 9.93. The molecule has 3 rings (SSSR count). The summed E-state index contributed by atoms with van der Waals surface area (Å²) < 4.78 is 0. The molecule has 1 fully saturated rings. The zero-order chi connectivity index (χ0) is 12.4. The molecule has 2 bridgehead atoms. The Labute approximate surface area is 108 Å². The summed E-state index contributed by atoms with van der Waals surface area (Å²) >= 11 is 0. The Hall–Kier alpha value is -1.75. The number of hydrogen-bond acceptors (Lipinski definition) is 2. The largest absolute Gasteiger partial charge is 0.385 e. The van der Waals surface area contributed by atoms with Crippen LogP contribution in [0.5, 0.6) is 0 Å². The van der Waals surface area contributed by atoms with Gasteiger partial charge in [-0.1, -0.05) is 24.3 Å². The topological polar surface area (TPSA) is 35.8 Å². The van der Waals surface area contributed by atoms with E-state index < -0.39 is 0 Å². The Morgan fingerprint density at radius 1 is 1.17 bits per heavy atom. The van der Waals surface area contributed by atoms with Crippen molar-refractivity contribution in [2.45, 2.75) is 19.3 Å². The van der Waals surface area contributed by atoms with Crippen LogP contribution in [0.3, 0.4) is 0 Å². The third-order valence-corrected chi connectivity index (χ3v) is 4.22. The Kier molecular flexibility index (Phi) is 3.06. The number of nitriles is 1. The fourth-order valence-electron chi connectivity index (χ4n) is 3.21. The standard InChI is InChI=1S/C16H18N2/c17-8-7-12-2-5-16(6-3-12)18-11-15-10-13-1-4-14(15)9-13/h1-6,13-15,18H,7,9-11H2. The van der Waals surface area contributed by atoms with Gasteiger partial charge in [-0.2, -0.15) is 5.26 Å². The van der Waals surface area contributed by atoms with Crippen molar-refractivity contribution in [3.05, 3.63) is 42.0 Å². The number of rotatable bonds is 4. The van der Waals surface area contributed by atoms with E-state index in [9.17, 15) is 0 Å². The molecule has 1 N–H and O–H groups in total. The Morgan fingerprint density at radius 2 is 2.00 bits per heavy atom. The van der Waals surface area contributed by atoms with Crippen molar-refractivity contribution in [3.63, 3.8) is 0 Å². The quantitative estimate of drug-likeness (QED) is 0.816. The van der Waals surface area contributed by atoms with Gasteiger partial charge in [0.05, 0.1) is 12.5 Å². The van der Waals surface area contributed by atoms with E-state index >= 15 is 0 Å². The van der Waals surface area contributed by atoms with Gasteiger partial charge in [-0.25, -0.2) is 0 Å². The van der Waals surface area contributed by atoms with Crippen LogP contribution >= 0.6 is 0 Å². The molecule has 1 saturated carbocycles. The third kappa shape index (κ3) is 2.26. The first kappa shape index (κ1) is 11.3. The maximum Gasteiger partial charge on any atom is 0.0669 e. The lowest BCUT2D eigenvalue weighted by molar-refractivity contribution is 0.472. The van der Waals surface area contributed by atoms with Gasteiger partial charge in [-0.05, 0) is 48.3 Å². The molecule has 2 aliphatic rings. The van der Waals surface area contributed by atoms with Crippen molar-refractivity contribution >= 4 is 5.69 Å². The highest BCUT2D eigenvalue weighted by Crippen LogP contribution is 2.43. The van der Waals surface area contributed by atoms with Crippen LogP contribution in [0.15, 0.2) is 36.4 Å². The van der Waals surface area contributed by atoms with E-state index in [0.717, 1.165) is 29.9 Å². The second kappa shape index (κ2) is 4.86. The molecule has 0 aromatic heterocycles. The molecule has 2 heteroatoms. The van der Waals surface area contributed by atoms with Crippen LogP contribution in [-0.4, -0.2) is 6.54 Å². The number of allylic oxidation sites excluding steroid dienone is 2. The summed E-state index contributed by atoms with van der Waals surface area (Å²) in [6.07, 6.45) is 8.00. The van der Waals surface area contributed by atoms with Crippen LogP contribution < -0.4 is 5.32 Å². The molecule has 92 valence electrons. The molecule has 0 saturated heterocycles. The number of nitrogens with zero attached hydrogens (tertiary/aromatic N) is 1. The van der Waals surface area contributed by atoms with Crippen LogP contribution in [0.4, 0.5) is 5.69 Å². The molecule has 3 unspecified atom stereocenters. The van der Waals surface area contributed by atoms with E-state index in [0.29, 0.717) is 6.42 Å².